The largest absolute Gasteiger partial charge is 0.369 e. The fourth-order valence-electron chi connectivity index (χ4n) is 3.12. The molecule has 3 rings (SSSR count). The summed E-state index contributed by atoms with van der Waals surface area (Å²) in [6, 6.07) is 15.9. The molecule has 0 aliphatic carbocycles. The van der Waals surface area contributed by atoms with Crippen molar-refractivity contribution < 1.29 is 4.79 Å². The quantitative estimate of drug-likeness (QED) is 0.775. The first kappa shape index (κ1) is 19.0. The summed E-state index contributed by atoms with van der Waals surface area (Å²) >= 11 is 12.0. The van der Waals surface area contributed by atoms with E-state index in [0.717, 1.165) is 31.7 Å². The van der Waals surface area contributed by atoms with E-state index in [-0.39, 0.29) is 5.91 Å². The number of para-hydroxylation sites is 1. The second-order valence-electron chi connectivity index (χ2n) is 6.60. The lowest BCUT2D eigenvalue weighted by Crippen LogP contribution is -2.49. The number of rotatable bonds is 5. The zero-order chi connectivity index (χ0) is 18.5. The molecule has 0 atom stereocenters. The topological polar surface area (TPSA) is 26.8 Å². The number of piperazine rings is 1. The highest BCUT2D eigenvalue weighted by Crippen LogP contribution is 2.23. The Kier molecular flexibility index (Phi) is 6.41. The standard InChI is InChI=1S/C20H23Cl2N3O/c1-23(14-16-7-8-18(21)19(22)13-16)20(26)15-24-9-11-25(12-10-24)17-5-3-2-4-6-17/h2-8,13H,9-12,14-15H2,1H3. The Bertz CT molecular complexity index is 746. The van der Waals surface area contributed by atoms with Gasteiger partial charge in [0.1, 0.15) is 0 Å². The number of nitrogens with zero attached hydrogens (tertiary/aromatic N) is 3. The Balaban J connectivity index is 1.48. The first-order valence-electron chi connectivity index (χ1n) is 8.73. The monoisotopic (exact) mass is 391 g/mol. The summed E-state index contributed by atoms with van der Waals surface area (Å²) in [7, 11) is 1.82. The normalized spacial score (nSPS) is 15.1. The van der Waals surface area contributed by atoms with Crippen LogP contribution in [0.1, 0.15) is 5.56 Å². The minimum Gasteiger partial charge on any atom is -0.369 e. The van der Waals surface area contributed by atoms with E-state index in [1.54, 1.807) is 11.0 Å². The van der Waals surface area contributed by atoms with Crippen LogP contribution in [0.4, 0.5) is 5.69 Å². The summed E-state index contributed by atoms with van der Waals surface area (Å²) in [6.45, 7) is 4.63. The molecule has 2 aromatic carbocycles. The van der Waals surface area contributed by atoms with Gasteiger partial charge in [0.2, 0.25) is 5.91 Å². The number of hydrogen-bond acceptors (Lipinski definition) is 3. The molecule has 1 heterocycles. The van der Waals surface area contributed by atoms with Crippen molar-refractivity contribution in [1.29, 1.82) is 0 Å². The molecular formula is C20H23Cl2N3O. The molecule has 1 saturated heterocycles. The first-order valence-corrected chi connectivity index (χ1v) is 9.49. The molecule has 1 aliphatic heterocycles. The smallest absolute Gasteiger partial charge is 0.236 e. The zero-order valence-electron chi connectivity index (χ0n) is 14.9. The summed E-state index contributed by atoms with van der Waals surface area (Å²) in [6.07, 6.45) is 0. The molecule has 138 valence electrons. The van der Waals surface area contributed by atoms with Crippen LogP contribution in [0.3, 0.4) is 0 Å². The van der Waals surface area contributed by atoms with Crippen LogP contribution >= 0.6 is 23.2 Å². The van der Waals surface area contributed by atoms with Crippen molar-refractivity contribution >= 4 is 34.8 Å². The Morgan fingerprint density at radius 1 is 1.00 bits per heavy atom. The number of likely N-dealkylation sites (N-methyl/N-ethyl adjacent to an activating group) is 1. The SMILES string of the molecule is CN(Cc1ccc(Cl)c(Cl)c1)C(=O)CN1CCN(c2ccccc2)CC1. The minimum atomic E-state index is 0.115. The predicted octanol–water partition coefficient (Wildman–Crippen LogP) is 3.77. The summed E-state index contributed by atoms with van der Waals surface area (Å²) in [5.41, 5.74) is 2.22. The van der Waals surface area contributed by atoms with E-state index in [1.165, 1.54) is 5.69 Å². The molecule has 0 unspecified atom stereocenters. The molecule has 0 N–H and O–H groups in total. The maximum atomic E-state index is 12.5. The minimum absolute atomic E-state index is 0.115. The molecule has 0 radical (unpaired) electrons. The number of hydrogen-bond donors (Lipinski definition) is 0. The third-order valence-corrected chi connectivity index (χ3v) is 5.42. The van der Waals surface area contributed by atoms with Crippen LogP contribution in [0, 0.1) is 0 Å². The number of carbonyl (C=O) groups is 1. The maximum absolute atomic E-state index is 12.5. The van der Waals surface area contributed by atoms with Crippen LogP contribution in [0.15, 0.2) is 48.5 Å². The van der Waals surface area contributed by atoms with E-state index >= 15 is 0 Å². The van der Waals surface area contributed by atoms with Gasteiger partial charge in [-0.1, -0.05) is 47.5 Å². The summed E-state index contributed by atoms with van der Waals surface area (Å²) in [5, 5.41) is 1.04. The molecule has 0 spiro atoms. The van der Waals surface area contributed by atoms with E-state index in [4.69, 9.17) is 23.2 Å². The third-order valence-electron chi connectivity index (χ3n) is 4.68. The molecule has 1 aliphatic rings. The molecule has 1 fully saturated rings. The average molecular weight is 392 g/mol. The molecule has 0 aromatic heterocycles. The second-order valence-corrected chi connectivity index (χ2v) is 7.41. The number of halogens is 2. The van der Waals surface area contributed by atoms with Gasteiger partial charge >= 0.3 is 0 Å². The highest BCUT2D eigenvalue weighted by molar-refractivity contribution is 6.42. The van der Waals surface area contributed by atoms with E-state index in [9.17, 15) is 4.79 Å². The first-order chi connectivity index (χ1) is 12.5. The van der Waals surface area contributed by atoms with E-state index in [1.807, 2.05) is 25.2 Å². The van der Waals surface area contributed by atoms with Crippen molar-refractivity contribution in [3.63, 3.8) is 0 Å². The second kappa shape index (κ2) is 8.76. The summed E-state index contributed by atoms with van der Waals surface area (Å²) in [5.74, 6) is 0.115. The van der Waals surface area contributed by atoms with Gasteiger partial charge in [0, 0.05) is 45.5 Å². The predicted molar refractivity (Wildman–Crippen MR) is 108 cm³/mol. The van der Waals surface area contributed by atoms with Gasteiger partial charge in [0.25, 0.3) is 0 Å². The lowest BCUT2D eigenvalue weighted by Gasteiger charge is -2.36. The Labute approximate surface area is 164 Å². The van der Waals surface area contributed by atoms with Crippen molar-refractivity contribution in [2.24, 2.45) is 0 Å². The van der Waals surface area contributed by atoms with Crippen LogP contribution < -0.4 is 4.90 Å². The van der Waals surface area contributed by atoms with Gasteiger partial charge in [0.05, 0.1) is 16.6 Å². The van der Waals surface area contributed by atoms with Gasteiger partial charge in [-0.2, -0.15) is 0 Å². The number of carbonyl (C=O) groups excluding carboxylic acids is 1. The molecule has 0 bridgehead atoms. The number of benzene rings is 2. The van der Waals surface area contributed by atoms with Crippen molar-refractivity contribution in [1.82, 2.24) is 9.80 Å². The molecule has 1 amide bonds. The number of anilines is 1. The van der Waals surface area contributed by atoms with E-state index in [0.29, 0.717) is 23.1 Å². The van der Waals surface area contributed by atoms with Gasteiger partial charge in [-0.3, -0.25) is 9.69 Å². The van der Waals surface area contributed by atoms with Crippen molar-refractivity contribution in [2.45, 2.75) is 6.54 Å². The Morgan fingerprint density at radius 3 is 2.35 bits per heavy atom. The maximum Gasteiger partial charge on any atom is 0.236 e. The lowest BCUT2D eigenvalue weighted by molar-refractivity contribution is -0.131. The molecule has 0 saturated carbocycles. The van der Waals surface area contributed by atoms with Gasteiger partial charge < -0.3 is 9.80 Å². The third kappa shape index (κ3) is 4.91. The fraction of sp³-hybridized carbons (Fsp3) is 0.350. The number of amides is 1. The zero-order valence-corrected chi connectivity index (χ0v) is 16.4. The Hall–Kier alpha value is -1.75. The van der Waals surface area contributed by atoms with Crippen LogP contribution in [0.5, 0.6) is 0 Å². The van der Waals surface area contributed by atoms with Crippen LogP contribution in [-0.4, -0.2) is 55.5 Å². The Morgan fingerprint density at radius 2 is 1.69 bits per heavy atom. The van der Waals surface area contributed by atoms with Gasteiger partial charge in [-0.05, 0) is 29.8 Å². The average Bonchev–Trinajstić information content (AvgIpc) is 2.66. The van der Waals surface area contributed by atoms with E-state index < -0.39 is 0 Å². The molecule has 6 heteroatoms. The van der Waals surface area contributed by atoms with Gasteiger partial charge in [-0.25, -0.2) is 0 Å². The lowest BCUT2D eigenvalue weighted by atomic mass is 10.2. The fourth-order valence-corrected chi connectivity index (χ4v) is 3.44. The highest BCUT2D eigenvalue weighted by atomic mass is 35.5. The van der Waals surface area contributed by atoms with Crippen molar-refractivity contribution in [3.05, 3.63) is 64.1 Å². The summed E-state index contributed by atoms with van der Waals surface area (Å²) in [4.78, 5) is 18.8. The molecule has 26 heavy (non-hydrogen) atoms. The molecule has 2 aromatic rings. The van der Waals surface area contributed by atoms with E-state index in [2.05, 4.69) is 34.1 Å². The molecule has 4 nitrogen and oxygen atoms in total. The van der Waals surface area contributed by atoms with Crippen LogP contribution in [0.2, 0.25) is 10.0 Å². The van der Waals surface area contributed by atoms with Crippen molar-refractivity contribution in [2.75, 3.05) is 44.7 Å². The van der Waals surface area contributed by atoms with Gasteiger partial charge in [0.15, 0.2) is 0 Å². The van der Waals surface area contributed by atoms with Crippen molar-refractivity contribution in [3.8, 4) is 0 Å². The van der Waals surface area contributed by atoms with Crippen LogP contribution in [0.25, 0.3) is 0 Å². The van der Waals surface area contributed by atoms with Crippen LogP contribution in [-0.2, 0) is 11.3 Å². The highest BCUT2D eigenvalue weighted by Gasteiger charge is 2.20. The summed E-state index contributed by atoms with van der Waals surface area (Å²) < 4.78 is 0. The van der Waals surface area contributed by atoms with Gasteiger partial charge in [-0.15, -0.1) is 0 Å². The molecular weight excluding hydrogens is 369 g/mol.